The van der Waals surface area contributed by atoms with E-state index in [9.17, 15) is 24.8 Å². The summed E-state index contributed by atoms with van der Waals surface area (Å²) in [4.78, 5) is 25.7. The standard InChI is InChI=1S/C18H25BN2O6/c1-20-15-5-6-21(10-16(15)23)9-13(22)8-12-7-11-3-2-4-14(18(24)25)17(11)27-19(12)26/h2-4,12,15-16,20,23,26H,5-10H2,1H3,(H,24,25)/t12-,15?,16?/m1/s1. The number of β-amino-alcohol motifs (C(OH)–C–C–N with tert-alkyl or cyclic N) is 1. The number of aliphatic hydroxyl groups excluding tert-OH is 1. The Kier molecular flexibility index (Phi) is 6.16. The SMILES string of the molecule is CNC1CCN(CC(=O)C[C@H]2Cc3cccc(C(=O)O)c3OB2O)CC1O. The van der Waals surface area contributed by atoms with E-state index >= 15 is 0 Å². The molecule has 1 aromatic carbocycles. The summed E-state index contributed by atoms with van der Waals surface area (Å²) in [6.07, 6.45) is 0.778. The number of likely N-dealkylation sites (tertiary alicyclic amines) is 1. The first-order valence-electron chi connectivity index (χ1n) is 9.18. The van der Waals surface area contributed by atoms with Crippen molar-refractivity contribution in [3.63, 3.8) is 0 Å². The maximum atomic E-state index is 12.5. The molecule has 146 valence electrons. The number of aromatic carboxylic acids is 1. The predicted octanol–water partition coefficient (Wildman–Crippen LogP) is -0.216. The lowest BCUT2D eigenvalue weighted by Gasteiger charge is -2.35. The second-order valence-corrected chi connectivity index (χ2v) is 7.30. The van der Waals surface area contributed by atoms with Crippen LogP contribution in [-0.4, -0.2) is 77.8 Å². The molecule has 0 aromatic heterocycles. The van der Waals surface area contributed by atoms with E-state index in [0.29, 0.717) is 18.5 Å². The number of carbonyl (C=O) groups is 2. The van der Waals surface area contributed by atoms with Gasteiger partial charge in [0, 0.05) is 31.4 Å². The van der Waals surface area contributed by atoms with Crippen molar-refractivity contribution in [3.8, 4) is 5.75 Å². The van der Waals surface area contributed by atoms with Gasteiger partial charge in [0.2, 0.25) is 0 Å². The highest BCUT2D eigenvalue weighted by atomic mass is 16.5. The third-order valence-electron chi connectivity index (χ3n) is 5.38. The summed E-state index contributed by atoms with van der Waals surface area (Å²) in [6, 6.07) is 4.86. The van der Waals surface area contributed by atoms with Crippen molar-refractivity contribution in [2.24, 2.45) is 0 Å². The lowest BCUT2D eigenvalue weighted by molar-refractivity contribution is -0.121. The van der Waals surface area contributed by atoms with Gasteiger partial charge in [-0.2, -0.15) is 0 Å². The van der Waals surface area contributed by atoms with Crippen molar-refractivity contribution in [3.05, 3.63) is 29.3 Å². The number of para-hydroxylation sites is 1. The summed E-state index contributed by atoms with van der Waals surface area (Å²) in [5, 5.41) is 32.6. The van der Waals surface area contributed by atoms with Crippen molar-refractivity contribution in [2.45, 2.75) is 37.2 Å². The minimum Gasteiger partial charge on any atom is -0.535 e. The quantitative estimate of drug-likeness (QED) is 0.504. The first-order chi connectivity index (χ1) is 12.9. The minimum absolute atomic E-state index is 0.0118. The van der Waals surface area contributed by atoms with E-state index in [4.69, 9.17) is 4.65 Å². The number of likely N-dealkylation sites (N-methyl/N-ethyl adjacent to an activating group) is 1. The number of fused-ring (bicyclic) bond motifs is 1. The van der Waals surface area contributed by atoms with Crippen LogP contribution >= 0.6 is 0 Å². The first kappa shape index (κ1) is 19.8. The summed E-state index contributed by atoms with van der Waals surface area (Å²) in [5.41, 5.74) is 0.695. The highest BCUT2D eigenvalue weighted by molar-refractivity contribution is 6.47. The van der Waals surface area contributed by atoms with E-state index in [0.717, 1.165) is 13.0 Å². The van der Waals surface area contributed by atoms with Crippen molar-refractivity contribution >= 4 is 18.9 Å². The molecule has 0 radical (unpaired) electrons. The molecule has 1 fully saturated rings. The van der Waals surface area contributed by atoms with Gasteiger partial charge in [0.25, 0.3) is 0 Å². The summed E-state index contributed by atoms with van der Waals surface area (Å²) in [7, 11) is 0.592. The molecule has 2 aliphatic heterocycles. The van der Waals surface area contributed by atoms with Gasteiger partial charge in [0.15, 0.2) is 0 Å². The molecule has 3 rings (SSSR count). The lowest BCUT2D eigenvalue weighted by Crippen LogP contribution is -2.52. The van der Waals surface area contributed by atoms with Gasteiger partial charge in [0.05, 0.1) is 18.2 Å². The minimum atomic E-state index is -1.22. The van der Waals surface area contributed by atoms with Gasteiger partial charge < -0.3 is 25.2 Å². The average Bonchev–Trinajstić information content (AvgIpc) is 2.62. The molecule has 3 atom stereocenters. The fraction of sp³-hybridized carbons (Fsp3) is 0.556. The van der Waals surface area contributed by atoms with E-state index in [-0.39, 0.29) is 36.1 Å². The van der Waals surface area contributed by atoms with Crippen LogP contribution in [0.5, 0.6) is 5.75 Å². The van der Waals surface area contributed by atoms with Gasteiger partial charge in [0.1, 0.15) is 11.5 Å². The molecule has 0 bridgehead atoms. The van der Waals surface area contributed by atoms with Crippen molar-refractivity contribution < 1.29 is 29.5 Å². The number of nitrogens with zero attached hydrogens (tertiary/aromatic N) is 1. The molecule has 2 aliphatic rings. The summed E-state index contributed by atoms with van der Waals surface area (Å²) in [5.74, 6) is -1.39. The number of Topliss-reactive ketones (excluding diaryl/α,β-unsaturated/α-hetero) is 1. The van der Waals surface area contributed by atoms with E-state index in [1.54, 1.807) is 12.1 Å². The van der Waals surface area contributed by atoms with Crippen LogP contribution in [0, 0.1) is 0 Å². The van der Waals surface area contributed by atoms with E-state index in [2.05, 4.69) is 5.32 Å². The maximum Gasteiger partial charge on any atom is 0.526 e. The Labute approximate surface area is 158 Å². The number of hydrogen-bond donors (Lipinski definition) is 4. The molecule has 0 saturated carbocycles. The number of carbonyl (C=O) groups excluding carboxylic acids is 1. The molecular formula is C18H25BN2O6. The molecule has 4 N–H and O–H groups in total. The van der Waals surface area contributed by atoms with Crippen LogP contribution in [-0.2, 0) is 11.2 Å². The van der Waals surface area contributed by atoms with Crippen LogP contribution in [0.1, 0.15) is 28.8 Å². The lowest BCUT2D eigenvalue weighted by atomic mass is 9.64. The Bertz CT molecular complexity index is 715. The zero-order chi connectivity index (χ0) is 19.6. The highest BCUT2D eigenvalue weighted by Crippen LogP contribution is 2.36. The van der Waals surface area contributed by atoms with Gasteiger partial charge >= 0.3 is 13.1 Å². The smallest absolute Gasteiger partial charge is 0.526 e. The molecule has 0 amide bonds. The number of hydrogen-bond acceptors (Lipinski definition) is 7. The van der Waals surface area contributed by atoms with Gasteiger partial charge in [-0.3, -0.25) is 9.69 Å². The number of ketones is 1. The van der Waals surface area contributed by atoms with Gasteiger partial charge in [-0.25, -0.2) is 4.79 Å². The summed E-state index contributed by atoms with van der Waals surface area (Å²) in [6.45, 7) is 1.38. The summed E-state index contributed by atoms with van der Waals surface area (Å²) < 4.78 is 5.43. The Morgan fingerprint density at radius 3 is 2.85 bits per heavy atom. The third-order valence-corrected chi connectivity index (χ3v) is 5.38. The molecule has 1 aromatic rings. The zero-order valence-corrected chi connectivity index (χ0v) is 15.3. The average molecular weight is 376 g/mol. The predicted molar refractivity (Wildman–Crippen MR) is 99.0 cm³/mol. The number of carboxylic acids is 1. The van der Waals surface area contributed by atoms with E-state index < -0.39 is 25.0 Å². The zero-order valence-electron chi connectivity index (χ0n) is 15.3. The van der Waals surface area contributed by atoms with Crippen molar-refractivity contribution in [1.29, 1.82) is 0 Å². The van der Waals surface area contributed by atoms with Crippen LogP contribution in [0.15, 0.2) is 18.2 Å². The molecule has 1 saturated heterocycles. The van der Waals surface area contributed by atoms with Crippen LogP contribution in [0.2, 0.25) is 5.82 Å². The molecule has 2 heterocycles. The van der Waals surface area contributed by atoms with Gasteiger partial charge in [-0.1, -0.05) is 12.1 Å². The van der Waals surface area contributed by atoms with Crippen LogP contribution in [0.3, 0.4) is 0 Å². The van der Waals surface area contributed by atoms with Crippen LogP contribution in [0.4, 0.5) is 0 Å². The molecular weight excluding hydrogens is 351 g/mol. The van der Waals surface area contributed by atoms with Crippen LogP contribution in [0.25, 0.3) is 0 Å². The second-order valence-electron chi connectivity index (χ2n) is 7.30. The molecule has 0 spiro atoms. The molecule has 2 unspecified atom stereocenters. The van der Waals surface area contributed by atoms with Gasteiger partial charge in [-0.05, 0) is 31.5 Å². The Morgan fingerprint density at radius 2 is 2.19 bits per heavy atom. The number of rotatable bonds is 6. The number of piperidine rings is 1. The fourth-order valence-corrected chi connectivity index (χ4v) is 3.91. The van der Waals surface area contributed by atoms with Gasteiger partial charge in [-0.15, -0.1) is 0 Å². The fourth-order valence-electron chi connectivity index (χ4n) is 3.91. The Morgan fingerprint density at radius 1 is 1.41 bits per heavy atom. The normalized spacial score (nSPS) is 25.6. The van der Waals surface area contributed by atoms with Crippen molar-refractivity contribution in [1.82, 2.24) is 10.2 Å². The molecule has 9 heteroatoms. The number of aliphatic hydroxyl groups is 1. The molecule has 0 aliphatic carbocycles. The number of benzene rings is 1. The number of nitrogens with one attached hydrogen (secondary N) is 1. The topological polar surface area (TPSA) is 119 Å². The second kappa shape index (κ2) is 8.39. The Balaban J connectivity index is 1.59. The van der Waals surface area contributed by atoms with Crippen LogP contribution < -0.4 is 9.97 Å². The van der Waals surface area contributed by atoms with E-state index in [1.807, 2.05) is 11.9 Å². The monoisotopic (exact) mass is 376 g/mol. The summed E-state index contributed by atoms with van der Waals surface area (Å²) >= 11 is 0. The number of carboxylic acid groups (broad SMARTS) is 1. The largest absolute Gasteiger partial charge is 0.535 e. The maximum absolute atomic E-state index is 12.5. The molecule has 8 nitrogen and oxygen atoms in total. The highest BCUT2D eigenvalue weighted by Gasteiger charge is 2.38. The van der Waals surface area contributed by atoms with E-state index in [1.165, 1.54) is 6.07 Å². The molecule has 27 heavy (non-hydrogen) atoms. The Hall–Kier alpha value is -1.94. The van der Waals surface area contributed by atoms with Crippen molar-refractivity contribution in [2.75, 3.05) is 26.7 Å². The first-order valence-corrected chi connectivity index (χ1v) is 9.18. The third kappa shape index (κ3) is 4.49.